The van der Waals surface area contributed by atoms with Crippen molar-refractivity contribution in [1.82, 2.24) is 20.1 Å². The first-order valence-corrected chi connectivity index (χ1v) is 10.6. The summed E-state index contributed by atoms with van der Waals surface area (Å²) >= 11 is 0. The second kappa shape index (κ2) is 9.59. The van der Waals surface area contributed by atoms with Gasteiger partial charge >= 0.3 is 0 Å². The first-order chi connectivity index (χ1) is 14.7. The zero-order chi connectivity index (χ0) is 20.9. The molecule has 4 rings (SSSR count). The Morgan fingerprint density at radius 1 is 1.33 bits per heavy atom. The Labute approximate surface area is 176 Å². The van der Waals surface area contributed by atoms with Crippen molar-refractivity contribution in [3.05, 3.63) is 36.0 Å². The van der Waals surface area contributed by atoms with Gasteiger partial charge in [0, 0.05) is 56.4 Å². The van der Waals surface area contributed by atoms with E-state index in [4.69, 9.17) is 9.47 Å². The lowest BCUT2D eigenvalue weighted by atomic mass is 10.1. The highest BCUT2D eigenvalue weighted by Crippen LogP contribution is 2.31. The number of carbonyl (C=O) groups is 2. The fourth-order valence-corrected chi connectivity index (χ4v) is 3.95. The molecule has 30 heavy (non-hydrogen) atoms. The first kappa shape index (κ1) is 20.8. The number of methoxy groups -OCH3 is 1. The third-order valence-corrected chi connectivity index (χ3v) is 5.63. The number of nitrogens with zero attached hydrogens (tertiary/aromatic N) is 2. The van der Waals surface area contributed by atoms with Gasteiger partial charge in [-0.3, -0.25) is 9.59 Å². The molecule has 1 saturated carbocycles. The number of para-hydroxylation sites is 1. The molecular weight excluding hydrogens is 384 g/mol. The normalized spacial score (nSPS) is 19.0. The van der Waals surface area contributed by atoms with Gasteiger partial charge < -0.3 is 29.6 Å². The number of hydrogen-bond donors (Lipinski definition) is 2. The lowest BCUT2D eigenvalue weighted by molar-refractivity contribution is -0.146. The van der Waals surface area contributed by atoms with Gasteiger partial charge in [0.2, 0.25) is 5.91 Å². The lowest BCUT2D eigenvalue weighted by Gasteiger charge is -2.30. The van der Waals surface area contributed by atoms with Crippen LogP contribution in [0.1, 0.15) is 18.4 Å². The number of hydrogen-bond acceptors (Lipinski definition) is 5. The molecule has 0 spiro atoms. The number of morpholine rings is 1. The number of fused-ring (bicyclic) bond motifs is 1. The highest BCUT2D eigenvalue weighted by Gasteiger charge is 2.37. The molecule has 1 aliphatic heterocycles. The number of aromatic nitrogens is 1. The molecule has 2 fully saturated rings. The maximum atomic E-state index is 13.1. The Kier molecular flexibility index (Phi) is 6.66. The van der Waals surface area contributed by atoms with Crippen LogP contribution in [0.15, 0.2) is 30.5 Å². The van der Waals surface area contributed by atoms with Crippen LogP contribution >= 0.6 is 0 Å². The molecule has 1 saturated heterocycles. The van der Waals surface area contributed by atoms with E-state index in [1.165, 1.54) is 0 Å². The Balaban J connectivity index is 1.52. The fraction of sp³-hybridized carbons (Fsp3) is 0.545. The highest BCUT2D eigenvalue weighted by atomic mass is 16.5. The quantitative estimate of drug-likeness (QED) is 0.595. The third-order valence-electron chi connectivity index (χ3n) is 5.63. The molecule has 2 heterocycles. The zero-order valence-electron chi connectivity index (χ0n) is 17.4. The van der Waals surface area contributed by atoms with E-state index in [9.17, 15) is 9.59 Å². The number of carbonyl (C=O) groups excluding carboxylic acids is 2. The Bertz CT molecular complexity index is 886. The Hall–Kier alpha value is -2.42. The monoisotopic (exact) mass is 414 g/mol. The van der Waals surface area contributed by atoms with Crippen molar-refractivity contribution in [2.75, 3.05) is 40.0 Å². The average molecular weight is 415 g/mol. The molecule has 1 aliphatic carbocycles. The van der Waals surface area contributed by atoms with Crippen molar-refractivity contribution in [3.63, 3.8) is 0 Å². The molecule has 1 aromatic carbocycles. The van der Waals surface area contributed by atoms with Gasteiger partial charge in [0.1, 0.15) is 12.6 Å². The van der Waals surface area contributed by atoms with Crippen LogP contribution in [0.25, 0.3) is 10.9 Å². The summed E-state index contributed by atoms with van der Waals surface area (Å²) < 4.78 is 12.7. The van der Waals surface area contributed by atoms with E-state index in [1.807, 2.05) is 33.9 Å². The van der Waals surface area contributed by atoms with E-state index in [-0.39, 0.29) is 24.4 Å². The molecule has 8 nitrogen and oxygen atoms in total. The summed E-state index contributed by atoms with van der Waals surface area (Å²) in [6.45, 7) is 3.64. The van der Waals surface area contributed by atoms with Crippen LogP contribution in [0, 0.1) is 0 Å². The maximum absolute atomic E-state index is 13.1. The fourth-order valence-electron chi connectivity index (χ4n) is 3.95. The topological polar surface area (TPSA) is 84.8 Å². The van der Waals surface area contributed by atoms with Crippen molar-refractivity contribution >= 4 is 22.7 Å². The molecule has 1 unspecified atom stereocenters. The van der Waals surface area contributed by atoms with Crippen molar-refractivity contribution in [2.24, 2.45) is 0 Å². The minimum Gasteiger partial charge on any atom is -0.383 e. The van der Waals surface area contributed by atoms with Gasteiger partial charge in [0.15, 0.2) is 0 Å². The number of rotatable bonds is 9. The average Bonchev–Trinajstić information content (AvgIpc) is 3.56. The molecule has 2 aliphatic rings. The van der Waals surface area contributed by atoms with Crippen LogP contribution in [0.2, 0.25) is 0 Å². The van der Waals surface area contributed by atoms with Crippen LogP contribution in [0.5, 0.6) is 0 Å². The van der Waals surface area contributed by atoms with Crippen LogP contribution < -0.4 is 10.6 Å². The Morgan fingerprint density at radius 2 is 2.17 bits per heavy atom. The highest BCUT2D eigenvalue weighted by molar-refractivity contribution is 5.87. The Morgan fingerprint density at radius 3 is 2.90 bits per heavy atom. The van der Waals surface area contributed by atoms with E-state index < -0.39 is 6.10 Å². The molecule has 2 aromatic rings. The molecule has 1 aromatic heterocycles. The standard InChI is InChI=1S/C22H30N4O4/c1-29-10-9-24-21(27)15-25-13-16(18-4-2-3-5-19(18)25)14-26(17-6-7-17)22(28)20-12-23-8-11-30-20/h2-5,13,17,20,23H,6-12,14-15H2,1H3,(H,24,27). The molecule has 1 atom stereocenters. The largest absolute Gasteiger partial charge is 0.383 e. The molecule has 8 heteroatoms. The molecule has 0 radical (unpaired) electrons. The molecular formula is C22H30N4O4. The van der Waals surface area contributed by atoms with E-state index >= 15 is 0 Å². The SMILES string of the molecule is COCCNC(=O)Cn1cc(CN(C(=O)C2CNCCO2)C2CC2)c2ccccc21. The van der Waals surface area contributed by atoms with Gasteiger partial charge in [-0.2, -0.15) is 0 Å². The van der Waals surface area contributed by atoms with Crippen molar-refractivity contribution in [2.45, 2.75) is 38.1 Å². The third kappa shape index (κ3) is 4.83. The van der Waals surface area contributed by atoms with Crippen LogP contribution in [-0.2, 0) is 32.2 Å². The minimum atomic E-state index is -0.417. The van der Waals surface area contributed by atoms with Crippen LogP contribution in [0.3, 0.4) is 0 Å². The summed E-state index contributed by atoms with van der Waals surface area (Å²) in [6.07, 6.45) is 3.65. The summed E-state index contributed by atoms with van der Waals surface area (Å²) in [5.41, 5.74) is 2.05. The summed E-state index contributed by atoms with van der Waals surface area (Å²) in [7, 11) is 1.61. The number of benzene rings is 1. The van der Waals surface area contributed by atoms with Gasteiger partial charge in [-0.05, 0) is 24.5 Å². The van der Waals surface area contributed by atoms with Crippen LogP contribution in [-0.4, -0.2) is 73.4 Å². The summed E-state index contributed by atoms with van der Waals surface area (Å²) in [6, 6.07) is 8.31. The number of nitrogens with one attached hydrogen (secondary N) is 2. The van der Waals surface area contributed by atoms with E-state index in [0.717, 1.165) is 35.9 Å². The molecule has 2 amide bonds. The van der Waals surface area contributed by atoms with Crippen molar-refractivity contribution in [1.29, 1.82) is 0 Å². The summed E-state index contributed by atoms with van der Waals surface area (Å²) in [4.78, 5) is 27.4. The van der Waals surface area contributed by atoms with Gasteiger partial charge in [-0.15, -0.1) is 0 Å². The number of amides is 2. The number of ether oxygens (including phenoxy) is 2. The summed E-state index contributed by atoms with van der Waals surface area (Å²) in [5, 5.41) is 7.18. The zero-order valence-corrected chi connectivity index (χ0v) is 17.4. The minimum absolute atomic E-state index is 0.0545. The van der Waals surface area contributed by atoms with Crippen LogP contribution in [0.4, 0.5) is 0 Å². The van der Waals surface area contributed by atoms with Gasteiger partial charge in [0.05, 0.1) is 13.2 Å². The summed E-state index contributed by atoms with van der Waals surface area (Å²) in [5.74, 6) is -0.00463. The van der Waals surface area contributed by atoms with E-state index in [2.05, 4.69) is 16.7 Å². The van der Waals surface area contributed by atoms with Crippen molar-refractivity contribution < 1.29 is 19.1 Å². The van der Waals surface area contributed by atoms with Crippen molar-refractivity contribution in [3.8, 4) is 0 Å². The van der Waals surface area contributed by atoms with E-state index in [1.54, 1.807) is 7.11 Å². The molecule has 0 bridgehead atoms. The molecule has 162 valence electrons. The van der Waals surface area contributed by atoms with E-state index in [0.29, 0.717) is 32.8 Å². The first-order valence-electron chi connectivity index (χ1n) is 10.6. The van der Waals surface area contributed by atoms with Gasteiger partial charge in [-0.1, -0.05) is 18.2 Å². The lowest BCUT2D eigenvalue weighted by Crippen LogP contribution is -2.49. The second-order valence-corrected chi connectivity index (χ2v) is 7.90. The van der Waals surface area contributed by atoms with Gasteiger partial charge in [0.25, 0.3) is 5.91 Å². The van der Waals surface area contributed by atoms with Gasteiger partial charge in [-0.25, -0.2) is 0 Å². The predicted octanol–water partition coefficient (Wildman–Crippen LogP) is 0.883. The second-order valence-electron chi connectivity index (χ2n) is 7.90. The molecule has 2 N–H and O–H groups in total. The maximum Gasteiger partial charge on any atom is 0.253 e. The smallest absolute Gasteiger partial charge is 0.253 e. The predicted molar refractivity (Wildman–Crippen MR) is 113 cm³/mol.